The van der Waals surface area contributed by atoms with E-state index in [9.17, 15) is 0 Å². The first-order chi connectivity index (χ1) is 6.24. The van der Waals surface area contributed by atoms with Crippen LogP contribution in [0.4, 0.5) is 5.69 Å². The standard InChI is InChI=1S/C10H15ClN2/c11-9-5-4-8(7-10(9)13)3-1-2-6-12/h4-5,7H,1-3,6,12-13H2. The van der Waals surface area contributed by atoms with E-state index in [2.05, 4.69) is 0 Å². The Kier molecular flexibility index (Phi) is 4.06. The largest absolute Gasteiger partial charge is 0.398 e. The number of unbranched alkanes of at least 4 members (excludes halogenated alkanes) is 1. The van der Waals surface area contributed by atoms with Gasteiger partial charge in [-0.1, -0.05) is 17.7 Å². The number of anilines is 1. The van der Waals surface area contributed by atoms with Crippen LogP contribution in [0.3, 0.4) is 0 Å². The molecule has 0 aliphatic heterocycles. The van der Waals surface area contributed by atoms with Gasteiger partial charge in [-0.2, -0.15) is 0 Å². The zero-order chi connectivity index (χ0) is 9.68. The topological polar surface area (TPSA) is 52.0 Å². The van der Waals surface area contributed by atoms with Crippen molar-refractivity contribution in [3.05, 3.63) is 28.8 Å². The second-order valence-corrected chi connectivity index (χ2v) is 3.51. The fraction of sp³-hybridized carbons (Fsp3) is 0.400. The van der Waals surface area contributed by atoms with Gasteiger partial charge in [0.25, 0.3) is 0 Å². The fourth-order valence-electron chi connectivity index (χ4n) is 1.22. The lowest BCUT2D eigenvalue weighted by Gasteiger charge is -2.03. The lowest BCUT2D eigenvalue weighted by Crippen LogP contribution is -1.99. The van der Waals surface area contributed by atoms with Gasteiger partial charge in [-0.15, -0.1) is 0 Å². The Labute approximate surface area is 83.9 Å². The van der Waals surface area contributed by atoms with Crippen molar-refractivity contribution in [1.82, 2.24) is 0 Å². The quantitative estimate of drug-likeness (QED) is 0.576. The van der Waals surface area contributed by atoms with Gasteiger partial charge in [0.15, 0.2) is 0 Å². The molecule has 0 unspecified atom stereocenters. The molecule has 0 saturated carbocycles. The second-order valence-electron chi connectivity index (χ2n) is 3.10. The molecule has 72 valence electrons. The van der Waals surface area contributed by atoms with Crippen LogP contribution >= 0.6 is 11.6 Å². The Morgan fingerprint density at radius 3 is 2.62 bits per heavy atom. The average Bonchev–Trinajstić information content (AvgIpc) is 2.12. The molecule has 1 aromatic carbocycles. The van der Waals surface area contributed by atoms with Crippen molar-refractivity contribution in [2.45, 2.75) is 19.3 Å². The van der Waals surface area contributed by atoms with Gasteiger partial charge in [0, 0.05) is 0 Å². The zero-order valence-electron chi connectivity index (χ0n) is 7.59. The monoisotopic (exact) mass is 198 g/mol. The normalized spacial score (nSPS) is 10.3. The lowest BCUT2D eigenvalue weighted by atomic mass is 10.1. The maximum atomic E-state index is 5.80. The van der Waals surface area contributed by atoms with Crippen LogP contribution in [0, 0.1) is 0 Å². The number of rotatable bonds is 4. The fourth-order valence-corrected chi connectivity index (χ4v) is 1.34. The Bertz CT molecular complexity index is 274. The maximum absolute atomic E-state index is 5.80. The van der Waals surface area contributed by atoms with Gasteiger partial charge in [-0.05, 0) is 43.5 Å². The summed E-state index contributed by atoms with van der Waals surface area (Å²) < 4.78 is 0. The third-order valence-corrected chi connectivity index (χ3v) is 2.32. The molecular weight excluding hydrogens is 184 g/mol. The Morgan fingerprint density at radius 1 is 1.23 bits per heavy atom. The van der Waals surface area contributed by atoms with Crippen LogP contribution in [0.1, 0.15) is 18.4 Å². The first kappa shape index (κ1) is 10.4. The molecule has 13 heavy (non-hydrogen) atoms. The second kappa shape index (κ2) is 5.10. The Morgan fingerprint density at radius 2 is 2.00 bits per heavy atom. The summed E-state index contributed by atoms with van der Waals surface area (Å²) in [4.78, 5) is 0. The van der Waals surface area contributed by atoms with E-state index in [1.807, 2.05) is 18.2 Å². The highest BCUT2D eigenvalue weighted by molar-refractivity contribution is 6.33. The van der Waals surface area contributed by atoms with Crippen molar-refractivity contribution in [3.8, 4) is 0 Å². The van der Waals surface area contributed by atoms with Crippen LogP contribution in [-0.4, -0.2) is 6.54 Å². The van der Waals surface area contributed by atoms with Crippen molar-refractivity contribution < 1.29 is 0 Å². The Balaban J connectivity index is 2.53. The third-order valence-electron chi connectivity index (χ3n) is 1.98. The summed E-state index contributed by atoms with van der Waals surface area (Å²) in [5.41, 5.74) is 13.0. The van der Waals surface area contributed by atoms with Crippen LogP contribution in [-0.2, 0) is 6.42 Å². The highest BCUT2D eigenvalue weighted by Gasteiger charge is 1.97. The van der Waals surface area contributed by atoms with Crippen molar-refractivity contribution in [1.29, 1.82) is 0 Å². The van der Waals surface area contributed by atoms with E-state index in [1.54, 1.807) is 0 Å². The van der Waals surface area contributed by atoms with Crippen LogP contribution in [0.25, 0.3) is 0 Å². The minimum absolute atomic E-state index is 0.627. The Hall–Kier alpha value is -0.730. The van der Waals surface area contributed by atoms with Gasteiger partial charge in [0.1, 0.15) is 0 Å². The van der Waals surface area contributed by atoms with Crippen molar-refractivity contribution in [3.63, 3.8) is 0 Å². The van der Waals surface area contributed by atoms with Gasteiger partial charge in [-0.3, -0.25) is 0 Å². The SMILES string of the molecule is NCCCCc1ccc(Cl)c(N)c1. The summed E-state index contributed by atoms with van der Waals surface area (Å²) in [5.74, 6) is 0. The van der Waals surface area contributed by atoms with Gasteiger partial charge < -0.3 is 11.5 Å². The molecule has 0 aliphatic rings. The van der Waals surface area contributed by atoms with E-state index in [4.69, 9.17) is 23.1 Å². The summed E-state index contributed by atoms with van der Waals surface area (Å²) in [5, 5.41) is 0.627. The van der Waals surface area contributed by atoms with Gasteiger partial charge >= 0.3 is 0 Å². The number of nitrogen functional groups attached to an aromatic ring is 1. The molecule has 0 fully saturated rings. The summed E-state index contributed by atoms with van der Waals surface area (Å²) in [7, 11) is 0. The van der Waals surface area contributed by atoms with E-state index in [0.717, 1.165) is 25.8 Å². The highest BCUT2D eigenvalue weighted by Crippen LogP contribution is 2.20. The minimum atomic E-state index is 0.627. The molecule has 3 heteroatoms. The molecule has 0 aromatic heterocycles. The number of halogens is 1. The van der Waals surface area contributed by atoms with E-state index >= 15 is 0 Å². The van der Waals surface area contributed by atoms with Crippen molar-refractivity contribution in [2.24, 2.45) is 5.73 Å². The summed E-state index contributed by atoms with van der Waals surface area (Å²) in [6.07, 6.45) is 3.19. The predicted octanol–water partition coefficient (Wildman–Crippen LogP) is 2.20. The number of aryl methyl sites for hydroxylation is 1. The molecule has 0 atom stereocenters. The highest BCUT2D eigenvalue weighted by atomic mass is 35.5. The van der Waals surface area contributed by atoms with Crippen LogP contribution in [0.5, 0.6) is 0 Å². The van der Waals surface area contributed by atoms with Crippen molar-refractivity contribution in [2.75, 3.05) is 12.3 Å². The number of hydrogen-bond donors (Lipinski definition) is 2. The summed E-state index contributed by atoms with van der Waals surface area (Å²) >= 11 is 5.80. The smallest absolute Gasteiger partial charge is 0.0635 e. The van der Waals surface area contributed by atoms with Crippen LogP contribution in [0.15, 0.2) is 18.2 Å². The maximum Gasteiger partial charge on any atom is 0.0635 e. The molecule has 1 rings (SSSR count). The molecule has 0 spiro atoms. The first-order valence-electron chi connectivity index (χ1n) is 4.48. The lowest BCUT2D eigenvalue weighted by molar-refractivity contribution is 0.745. The van der Waals surface area contributed by atoms with Crippen molar-refractivity contribution >= 4 is 17.3 Å². The summed E-state index contributed by atoms with van der Waals surface area (Å²) in [6, 6.07) is 5.78. The molecule has 4 N–H and O–H groups in total. The summed E-state index contributed by atoms with van der Waals surface area (Å²) in [6.45, 7) is 0.753. The van der Waals surface area contributed by atoms with Gasteiger partial charge in [0.2, 0.25) is 0 Å². The average molecular weight is 199 g/mol. The van der Waals surface area contributed by atoms with Crippen LogP contribution < -0.4 is 11.5 Å². The number of hydrogen-bond acceptors (Lipinski definition) is 2. The van der Waals surface area contributed by atoms with Gasteiger partial charge in [0.05, 0.1) is 10.7 Å². The molecule has 0 radical (unpaired) electrons. The molecule has 0 heterocycles. The molecule has 1 aromatic rings. The zero-order valence-corrected chi connectivity index (χ0v) is 8.35. The van der Waals surface area contributed by atoms with E-state index < -0.39 is 0 Å². The first-order valence-corrected chi connectivity index (χ1v) is 4.86. The van der Waals surface area contributed by atoms with E-state index in [0.29, 0.717) is 10.7 Å². The third kappa shape index (κ3) is 3.25. The van der Waals surface area contributed by atoms with E-state index in [1.165, 1.54) is 5.56 Å². The number of nitrogens with two attached hydrogens (primary N) is 2. The van der Waals surface area contributed by atoms with Crippen LogP contribution in [0.2, 0.25) is 5.02 Å². The molecule has 0 aliphatic carbocycles. The minimum Gasteiger partial charge on any atom is -0.398 e. The van der Waals surface area contributed by atoms with E-state index in [-0.39, 0.29) is 0 Å². The number of benzene rings is 1. The molecular formula is C10H15ClN2. The molecule has 0 amide bonds. The van der Waals surface area contributed by atoms with Gasteiger partial charge in [-0.25, -0.2) is 0 Å². The molecule has 0 saturated heterocycles. The predicted molar refractivity (Wildman–Crippen MR) is 57.9 cm³/mol. The molecule has 2 nitrogen and oxygen atoms in total. The molecule has 0 bridgehead atoms.